The Morgan fingerprint density at radius 1 is 0.933 bits per heavy atom. The van der Waals surface area contributed by atoms with Crippen LogP contribution in [0, 0.1) is 6.92 Å². The lowest BCUT2D eigenvalue weighted by Crippen LogP contribution is -2.17. The van der Waals surface area contributed by atoms with E-state index in [-0.39, 0.29) is 24.2 Å². The van der Waals surface area contributed by atoms with E-state index in [2.05, 4.69) is 10.3 Å². The van der Waals surface area contributed by atoms with Crippen LogP contribution in [0.1, 0.15) is 27.2 Å². The van der Waals surface area contributed by atoms with Crippen LogP contribution >= 0.6 is 12.4 Å². The Labute approximate surface area is 172 Å². The third-order valence-electron chi connectivity index (χ3n) is 4.08. The van der Waals surface area contributed by atoms with Crippen molar-refractivity contribution >= 4 is 40.6 Å². The molecular formula is C19H14ClF6N3O. The number of fused-ring (bicyclic) bond motifs is 1. The topological polar surface area (TPSA) is 68.0 Å². The molecule has 0 aliphatic rings. The summed E-state index contributed by atoms with van der Waals surface area (Å²) in [7, 11) is 0. The average molecular weight is 450 g/mol. The van der Waals surface area contributed by atoms with Gasteiger partial charge in [0, 0.05) is 28.0 Å². The number of amides is 1. The lowest BCUT2D eigenvalue weighted by Gasteiger charge is -2.14. The van der Waals surface area contributed by atoms with Gasteiger partial charge in [0.2, 0.25) is 0 Å². The summed E-state index contributed by atoms with van der Waals surface area (Å²) < 4.78 is 77.7. The molecule has 3 aromatic rings. The van der Waals surface area contributed by atoms with Crippen molar-refractivity contribution in [1.82, 2.24) is 4.98 Å². The number of aromatic nitrogens is 1. The number of nitrogens with two attached hydrogens (primary N) is 1. The zero-order valence-corrected chi connectivity index (χ0v) is 16.0. The summed E-state index contributed by atoms with van der Waals surface area (Å²) >= 11 is 0. The molecule has 0 saturated heterocycles. The van der Waals surface area contributed by atoms with Gasteiger partial charge in [-0.15, -0.1) is 12.4 Å². The SMILES string of the molecule is Cc1cc(N)c2cc(NC(=O)c3cc(C(F)(F)F)cc(C(F)(F)F)c3)ccc2n1.Cl. The van der Waals surface area contributed by atoms with Gasteiger partial charge >= 0.3 is 12.4 Å². The molecule has 0 spiro atoms. The maximum atomic E-state index is 13.0. The normalized spacial score (nSPS) is 11.8. The van der Waals surface area contributed by atoms with Gasteiger partial charge in [-0.05, 0) is 49.4 Å². The van der Waals surface area contributed by atoms with E-state index in [0.29, 0.717) is 34.4 Å². The Morgan fingerprint density at radius 2 is 1.50 bits per heavy atom. The number of anilines is 2. The summed E-state index contributed by atoms with van der Waals surface area (Å²) in [6, 6.07) is 6.67. The Bertz CT molecular complexity index is 1080. The molecule has 2 aromatic carbocycles. The highest BCUT2D eigenvalue weighted by molar-refractivity contribution is 6.06. The molecule has 4 nitrogen and oxygen atoms in total. The number of halogens is 7. The van der Waals surface area contributed by atoms with Crippen LogP contribution in [0.3, 0.4) is 0 Å². The minimum atomic E-state index is -5.04. The fraction of sp³-hybridized carbons (Fsp3) is 0.158. The first-order valence-electron chi connectivity index (χ1n) is 8.12. The smallest absolute Gasteiger partial charge is 0.398 e. The van der Waals surface area contributed by atoms with E-state index in [4.69, 9.17) is 5.73 Å². The standard InChI is InChI=1S/C19H13F6N3O.ClH/c1-9-4-15(26)14-8-13(2-3-16(14)27-9)28-17(29)10-5-11(18(20,21)22)7-12(6-10)19(23,24)25;/h2-8H,1H3,(H2,26,27)(H,28,29);1H. The quantitative estimate of drug-likeness (QED) is 0.483. The molecule has 0 radical (unpaired) electrons. The van der Waals surface area contributed by atoms with Gasteiger partial charge in [-0.1, -0.05) is 0 Å². The van der Waals surface area contributed by atoms with Crippen LogP contribution in [0.5, 0.6) is 0 Å². The van der Waals surface area contributed by atoms with Crippen molar-refractivity contribution in [3.8, 4) is 0 Å². The fourth-order valence-corrected chi connectivity index (χ4v) is 2.76. The molecule has 0 unspecified atom stereocenters. The van der Waals surface area contributed by atoms with E-state index in [9.17, 15) is 31.1 Å². The van der Waals surface area contributed by atoms with E-state index in [0.717, 1.165) is 0 Å². The number of pyridine rings is 1. The van der Waals surface area contributed by atoms with E-state index < -0.39 is 35.0 Å². The van der Waals surface area contributed by atoms with Crippen LogP contribution in [0.25, 0.3) is 10.9 Å². The zero-order chi connectivity index (χ0) is 21.6. The van der Waals surface area contributed by atoms with Crippen molar-refractivity contribution in [2.75, 3.05) is 11.1 Å². The zero-order valence-electron chi connectivity index (χ0n) is 15.2. The molecule has 0 aliphatic carbocycles. The maximum Gasteiger partial charge on any atom is 0.416 e. The Balaban J connectivity index is 0.00000320. The van der Waals surface area contributed by atoms with Crippen molar-refractivity contribution in [2.45, 2.75) is 19.3 Å². The van der Waals surface area contributed by atoms with Gasteiger partial charge in [0.1, 0.15) is 0 Å². The average Bonchev–Trinajstić information content (AvgIpc) is 2.60. The first-order chi connectivity index (χ1) is 13.3. The number of aryl methyl sites for hydroxylation is 1. The molecule has 1 heterocycles. The highest BCUT2D eigenvalue weighted by atomic mass is 35.5. The number of nitrogens with one attached hydrogen (secondary N) is 1. The maximum absolute atomic E-state index is 13.0. The second-order valence-corrected chi connectivity index (χ2v) is 6.33. The highest BCUT2D eigenvalue weighted by Crippen LogP contribution is 2.36. The van der Waals surface area contributed by atoms with Crippen LogP contribution in [0.2, 0.25) is 0 Å². The van der Waals surface area contributed by atoms with Gasteiger partial charge in [-0.3, -0.25) is 9.78 Å². The van der Waals surface area contributed by atoms with Crippen molar-refractivity contribution in [1.29, 1.82) is 0 Å². The fourth-order valence-electron chi connectivity index (χ4n) is 2.76. The lowest BCUT2D eigenvalue weighted by atomic mass is 10.0. The number of hydrogen-bond acceptors (Lipinski definition) is 3. The molecule has 0 saturated carbocycles. The van der Waals surface area contributed by atoms with Crippen LogP contribution in [0.15, 0.2) is 42.5 Å². The summed E-state index contributed by atoms with van der Waals surface area (Å²) in [5.74, 6) is -1.13. The Morgan fingerprint density at radius 3 is 2.03 bits per heavy atom. The summed E-state index contributed by atoms with van der Waals surface area (Å²) in [5.41, 5.74) is 3.68. The van der Waals surface area contributed by atoms with Crippen molar-refractivity contribution in [3.63, 3.8) is 0 Å². The van der Waals surface area contributed by atoms with Gasteiger partial charge in [0.05, 0.1) is 16.6 Å². The van der Waals surface area contributed by atoms with Gasteiger partial charge in [-0.2, -0.15) is 26.3 Å². The summed E-state index contributed by atoms with van der Waals surface area (Å²) in [6.07, 6.45) is -10.1. The molecule has 0 bridgehead atoms. The van der Waals surface area contributed by atoms with E-state index in [1.165, 1.54) is 18.2 Å². The molecule has 3 N–H and O–H groups in total. The van der Waals surface area contributed by atoms with Crippen LogP contribution in [0.4, 0.5) is 37.7 Å². The largest absolute Gasteiger partial charge is 0.416 e. The Kier molecular flexibility index (Phi) is 6.22. The lowest BCUT2D eigenvalue weighted by molar-refractivity contribution is -0.143. The second-order valence-electron chi connectivity index (χ2n) is 6.33. The Hall–Kier alpha value is -3.01. The predicted molar refractivity (Wildman–Crippen MR) is 103 cm³/mol. The van der Waals surface area contributed by atoms with Crippen LogP contribution in [-0.4, -0.2) is 10.9 Å². The van der Waals surface area contributed by atoms with E-state index in [1.807, 2.05) is 0 Å². The number of alkyl halides is 6. The first-order valence-corrected chi connectivity index (χ1v) is 8.12. The molecule has 160 valence electrons. The number of benzene rings is 2. The molecular weight excluding hydrogens is 436 g/mol. The van der Waals surface area contributed by atoms with E-state index in [1.54, 1.807) is 13.0 Å². The van der Waals surface area contributed by atoms with Crippen molar-refractivity contribution in [2.24, 2.45) is 0 Å². The summed E-state index contributed by atoms with van der Waals surface area (Å²) in [6.45, 7) is 1.73. The predicted octanol–water partition coefficient (Wildman–Crippen LogP) is 5.84. The molecule has 0 aliphatic heterocycles. The molecule has 0 fully saturated rings. The van der Waals surface area contributed by atoms with Crippen molar-refractivity contribution in [3.05, 3.63) is 64.8 Å². The molecule has 3 rings (SSSR count). The first kappa shape index (κ1) is 23.3. The molecule has 1 aromatic heterocycles. The monoisotopic (exact) mass is 449 g/mol. The number of hydrogen-bond donors (Lipinski definition) is 2. The molecule has 30 heavy (non-hydrogen) atoms. The third kappa shape index (κ3) is 4.93. The second kappa shape index (κ2) is 8.02. The third-order valence-corrected chi connectivity index (χ3v) is 4.08. The van der Waals surface area contributed by atoms with Crippen LogP contribution in [-0.2, 0) is 12.4 Å². The molecule has 11 heteroatoms. The molecule has 0 atom stereocenters. The highest BCUT2D eigenvalue weighted by Gasteiger charge is 2.37. The summed E-state index contributed by atoms with van der Waals surface area (Å²) in [5, 5.41) is 2.77. The number of rotatable bonds is 2. The van der Waals surface area contributed by atoms with Gasteiger partial charge in [0.25, 0.3) is 5.91 Å². The van der Waals surface area contributed by atoms with E-state index >= 15 is 0 Å². The van der Waals surface area contributed by atoms with Crippen LogP contribution < -0.4 is 11.1 Å². The minimum absolute atomic E-state index is 0. The van der Waals surface area contributed by atoms with Gasteiger partial charge < -0.3 is 11.1 Å². The van der Waals surface area contributed by atoms with Crippen molar-refractivity contribution < 1.29 is 31.1 Å². The van der Waals surface area contributed by atoms with Gasteiger partial charge in [0.15, 0.2) is 0 Å². The summed E-state index contributed by atoms with van der Waals surface area (Å²) in [4.78, 5) is 16.6. The number of carbonyl (C=O) groups excluding carboxylic acids is 1. The minimum Gasteiger partial charge on any atom is -0.398 e. The number of nitrogen functional groups attached to an aromatic ring is 1. The number of nitrogens with zero attached hydrogens (tertiary/aromatic N) is 1. The van der Waals surface area contributed by atoms with Gasteiger partial charge in [-0.25, -0.2) is 0 Å². The number of carbonyl (C=O) groups is 1. The molecule has 1 amide bonds.